The molecule has 142 valence electrons. The van der Waals surface area contributed by atoms with Gasteiger partial charge in [-0.1, -0.05) is 25.5 Å². The van der Waals surface area contributed by atoms with Crippen molar-refractivity contribution in [2.45, 2.75) is 34.1 Å². The van der Waals surface area contributed by atoms with Gasteiger partial charge < -0.3 is 10.2 Å². The summed E-state index contributed by atoms with van der Waals surface area (Å²) in [5.41, 5.74) is 1.97. The minimum atomic E-state index is -0.824. The van der Waals surface area contributed by atoms with Crippen molar-refractivity contribution < 1.29 is 13.6 Å². The fourth-order valence-corrected chi connectivity index (χ4v) is 4.12. The molecule has 0 aromatic heterocycles. The van der Waals surface area contributed by atoms with E-state index in [1.807, 2.05) is 4.90 Å². The van der Waals surface area contributed by atoms with Gasteiger partial charge >= 0.3 is 0 Å². The van der Waals surface area contributed by atoms with Crippen molar-refractivity contribution >= 4 is 11.6 Å². The Labute approximate surface area is 154 Å². The normalized spacial score (nSPS) is 26.5. The first kappa shape index (κ1) is 18.9. The van der Waals surface area contributed by atoms with Crippen molar-refractivity contribution in [3.05, 3.63) is 41.5 Å². The highest BCUT2D eigenvalue weighted by molar-refractivity contribution is 5.83. The molecule has 1 aliphatic heterocycles. The van der Waals surface area contributed by atoms with E-state index in [-0.39, 0.29) is 17.2 Å². The number of halogens is 2. The van der Waals surface area contributed by atoms with Crippen LogP contribution in [0.1, 0.15) is 34.1 Å². The molecule has 1 heterocycles. The average molecular weight is 362 g/mol. The summed E-state index contributed by atoms with van der Waals surface area (Å²) in [4.78, 5) is 14.6. The second kappa shape index (κ2) is 7.01. The molecule has 3 unspecified atom stereocenters. The Morgan fingerprint density at radius 3 is 2.69 bits per heavy atom. The minimum Gasteiger partial charge on any atom is -0.371 e. The van der Waals surface area contributed by atoms with Crippen molar-refractivity contribution in [2.75, 3.05) is 24.5 Å². The van der Waals surface area contributed by atoms with Gasteiger partial charge in [0.15, 0.2) is 11.6 Å². The SMILES string of the molecule is CC(C)=CC1C(C(=O)NCC2CCN(c3ccc(F)c(F)c3)C2)C1(C)C. The molecule has 1 saturated heterocycles. The third-order valence-corrected chi connectivity index (χ3v) is 5.83. The Morgan fingerprint density at radius 1 is 1.31 bits per heavy atom. The zero-order chi connectivity index (χ0) is 19.1. The van der Waals surface area contributed by atoms with Crippen LogP contribution in [0.4, 0.5) is 14.5 Å². The zero-order valence-corrected chi connectivity index (χ0v) is 16.0. The van der Waals surface area contributed by atoms with Crippen molar-refractivity contribution in [3.63, 3.8) is 0 Å². The summed E-state index contributed by atoms with van der Waals surface area (Å²) in [6.07, 6.45) is 3.13. The predicted octanol–water partition coefficient (Wildman–Crippen LogP) is 4.15. The lowest BCUT2D eigenvalue weighted by Crippen LogP contribution is -2.33. The number of anilines is 1. The summed E-state index contributed by atoms with van der Waals surface area (Å²) in [6, 6.07) is 4.02. The van der Waals surface area contributed by atoms with E-state index in [0.29, 0.717) is 24.1 Å². The Bertz CT molecular complexity index is 725. The van der Waals surface area contributed by atoms with Gasteiger partial charge in [0.2, 0.25) is 5.91 Å². The van der Waals surface area contributed by atoms with Crippen LogP contribution < -0.4 is 10.2 Å². The van der Waals surface area contributed by atoms with Gasteiger partial charge in [-0.25, -0.2) is 8.78 Å². The number of carbonyl (C=O) groups is 1. The smallest absolute Gasteiger partial charge is 0.224 e. The zero-order valence-electron chi connectivity index (χ0n) is 16.0. The monoisotopic (exact) mass is 362 g/mol. The maximum absolute atomic E-state index is 13.4. The van der Waals surface area contributed by atoms with Gasteiger partial charge in [0.05, 0.1) is 5.92 Å². The van der Waals surface area contributed by atoms with E-state index >= 15 is 0 Å². The van der Waals surface area contributed by atoms with Crippen molar-refractivity contribution in [1.82, 2.24) is 5.32 Å². The number of hydrogen-bond acceptors (Lipinski definition) is 2. The lowest BCUT2D eigenvalue weighted by Gasteiger charge is -2.19. The third kappa shape index (κ3) is 3.76. The van der Waals surface area contributed by atoms with Crippen LogP contribution in [0.2, 0.25) is 0 Å². The van der Waals surface area contributed by atoms with Crippen LogP contribution in [0, 0.1) is 34.8 Å². The van der Waals surface area contributed by atoms with E-state index in [1.54, 1.807) is 6.07 Å². The summed E-state index contributed by atoms with van der Waals surface area (Å²) in [5, 5.41) is 3.11. The molecule has 1 saturated carbocycles. The average Bonchev–Trinajstić information content (AvgIpc) is 2.92. The summed E-state index contributed by atoms with van der Waals surface area (Å²) in [6.45, 7) is 10.6. The topological polar surface area (TPSA) is 32.3 Å². The molecule has 0 radical (unpaired) electrons. The molecule has 1 aliphatic carbocycles. The molecule has 26 heavy (non-hydrogen) atoms. The highest BCUT2D eigenvalue weighted by atomic mass is 19.2. The maximum Gasteiger partial charge on any atom is 0.224 e. The van der Waals surface area contributed by atoms with E-state index in [4.69, 9.17) is 0 Å². The number of carbonyl (C=O) groups excluding carboxylic acids is 1. The predicted molar refractivity (Wildman–Crippen MR) is 99.9 cm³/mol. The third-order valence-electron chi connectivity index (χ3n) is 5.83. The Morgan fingerprint density at radius 2 is 2.04 bits per heavy atom. The van der Waals surface area contributed by atoms with Crippen LogP contribution in [0.5, 0.6) is 0 Å². The fourth-order valence-electron chi connectivity index (χ4n) is 4.12. The fraction of sp³-hybridized carbons (Fsp3) is 0.571. The van der Waals surface area contributed by atoms with Gasteiger partial charge in [0.1, 0.15) is 0 Å². The quantitative estimate of drug-likeness (QED) is 0.798. The van der Waals surface area contributed by atoms with Crippen LogP contribution in [0.15, 0.2) is 29.8 Å². The summed E-state index contributed by atoms with van der Waals surface area (Å²) in [5.74, 6) is -0.828. The molecular formula is C21H28F2N2O. The molecular weight excluding hydrogens is 334 g/mol. The van der Waals surface area contributed by atoms with E-state index in [9.17, 15) is 13.6 Å². The molecule has 2 aliphatic rings. The second-order valence-electron chi connectivity index (χ2n) is 8.51. The van der Waals surface area contributed by atoms with Gasteiger partial charge in [-0.2, -0.15) is 0 Å². The van der Waals surface area contributed by atoms with Crippen LogP contribution in [0.25, 0.3) is 0 Å². The van der Waals surface area contributed by atoms with Crippen molar-refractivity contribution in [1.29, 1.82) is 0 Å². The number of nitrogens with zero attached hydrogens (tertiary/aromatic N) is 1. The van der Waals surface area contributed by atoms with E-state index in [2.05, 4.69) is 39.1 Å². The number of hydrogen-bond donors (Lipinski definition) is 1. The van der Waals surface area contributed by atoms with Gasteiger partial charge in [-0.15, -0.1) is 0 Å². The standard InChI is InChI=1S/C21H28F2N2O/c1-13(2)9-16-19(21(16,3)4)20(26)24-11-14-7-8-25(12-14)15-5-6-17(22)18(23)10-15/h5-6,9-10,14,16,19H,7-8,11-12H2,1-4H3,(H,24,26). The molecule has 1 N–H and O–H groups in total. The first-order valence-electron chi connectivity index (χ1n) is 9.33. The van der Waals surface area contributed by atoms with Crippen LogP contribution >= 0.6 is 0 Å². The summed E-state index contributed by atoms with van der Waals surface area (Å²) >= 11 is 0. The molecule has 5 heteroatoms. The van der Waals surface area contributed by atoms with Gasteiger partial charge in [-0.05, 0) is 49.7 Å². The van der Waals surface area contributed by atoms with E-state index < -0.39 is 11.6 Å². The maximum atomic E-state index is 13.4. The second-order valence-corrected chi connectivity index (χ2v) is 8.51. The summed E-state index contributed by atoms with van der Waals surface area (Å²) in [7, 11) is 0. The number of nitrogens with one attached hydrogen (secondary N) is 1. The molecule has 3 nitrogen and oxygen atoms in total. The molecule has 3 atom stereocenters. The van der Waals surface area contributed by atoms with Crippen molar-refractivity contribution in [3.8, 4) is 0 Å². The first-order chi connectivity index (χ1) is 12.2. The van der Waals surface area contributed by atoms with E-state index in [0.717, 1.165) is 19.5 Å². The number of amides is 1. The first-order valence-corrected chi connectivity index (χ1v) is 9.33. The summed E-state index contributed by atoms with van der Waals surface area (Å²) < 4.78 is 26.5. The van der Waals surface area contributed by atoms with Crippen LogP contribution in [-0.2, 0) is 4.79 Å². The van der Waals surface area contributed by atoms with Crippen LogP contribution in [0.3, 0.4) is 0 Å². The Kier molecular flexibility index (Phi) is 5.09. The van der Waals surface area contributed by atoms with Crippen LogP contribution in [-0.4, -0.2) is 25.5 Å². The van der Waals surface area contributed by atoms with Gasteiger partial charge in [0, 0.05) is 31.4 Å². The highest BCUT2D eigenvalue weighted by Gasteiger charge is 2.60. The molecule has 3 rings (SSSR count). The molecule has 2 fully saturated rings. The van der Waals surface area contributed by atoms with E-state index in [1.165, 1.54) is 17.7 Å². The molecule has 1 aromatic rings. The minimum absolute atomic E-state index is 0.0225. The molecule has 1 amide bonds. The number of rotatable bonds is 5. The number of benzene rings is 1. The Balaban J connectivity index is 1.51. The highest BCUT2D eigenvalue weighted by Crippen LogP contribution is 2.59. The molecule has 0 bridgehead atoms. The Hall–Kier alpha value is -1.91. The lowest BCUT2D eigenvalue weighted by molar-refractivity contribution is -0.123. The van der Waals surface area contributed by atoms with Gasteiger partial charge in [-0.3, -0.25) is 4.79 Å². The molecule has 1 aromatic carbocycles. The lowest BCUT2D eigenvalue weighted by atomic mass is 10.1. The largest absolute Gasteiger partial charge is 0.371 e. The van der Waals surface area contributed by atoms with Gasteiger partial charge in [0.25, 0.3) is 0 Å². The number of allylic oxidation sites excluding steroid dienone is 2. The molecule has 0 spiro atoms. The van der Waals surface area contributed by atoms with Crippen molar-refractivity contribution in [2.24, 2.45) is 23.2 Å².